The molecule has 0 aliphatic rings. The Morgan fingerprint density at radius 1 is 1.12 bits per heavy atom. The normalized spacial score (nSPS) is 11.5. The molecule has 0 saturated carbocycles. The number of nitrogens with one attached hydrogen (secondary N) is 1. The Labute approximate surface area is 129 Å². The number of hydrogen-bond donors (Lipinski definition) is 1. The van der Waals surface area contributed by atoms with E-state index in [1.54, 1.807) is 0 Å². The highest BCUT2D eigenvalue weighted by molar-refractivity contribution is 9.40. The second-order valence-corrected chi connectivity index (χ2v) is 10.5. The summed E-state index contributed by atoms with van der Waals surface area (Å²) in [5.41, 5.74) is 0. The third kappa shape index (κ3) is 11.7. The van der Waals surface area contributed by atoms with Crippen molar-refractivity contribution in [3.63, 3.8) is 0 Å². The third-order valence-corrected chi connectivity index (χ3v) is 3.23. The molecular weight excluding hydrogens is 418 g/mol. The smallest absolute Gasteiger partial charge is 0.258 e. The zero-order valence-corrected chi connectivity index (χ0v) is 14.9. The van der Waals surface area contributed by atoms with E-state index < -0.39 is 2.14 Å². The van der Waals surface area contributed by atoms with Gasteiger partial charge in [-0.1, -0.05) is 26.2 Å². The molecule has 17 heavy (non-hydrogen) atoms. The zero-order valence-electron chi connectivity index (χ0n) is 10.1. The second-order valence-electron chi connectivity index (χ2n) is 3.78. The van der Waals surface area contributed by atoms with Gasteiger partial charge in [-0.25, -0.2) is 0 Å². The molecule has 1 N–H and O–H groups in total. The summed E-state index contributed by atoms with van der Waals surface area (Å²) in [6.45, 7) is 4.35. The molecule has 0 aliphatic heterocycles. The van der Waals surface area contributed by atoms with Crippen LogP contribution in [0.5, 0.6) is 0 Å². The first-order chi connectivity index (χ1) is 7.98. The predicted octanol–water partition coefficient (Wildman–Crippen LogP) is 3.93. The number of carbonyl (C=O) groups is 1. The average molecular weight is 438 g/mol. The summed E-state index contributed by atoms with van der Waals surface area (Å²) in [4.78, 5) is 11.4. The minimum Gasteiger partial charge on any atom is -0.381 e. The fourth-order valence-corrected chi connectivity index (χ4v) is 1.63. The maximum Gasteiger partial charge on any atom is 0.258 e. The van der Waals surface area contributed by atoms with Crippen molar-refractivity contribution in [3.05, 3.63) is 0 Å². The van der Waals surface area contributed by atoms with Gasteiger partial charge in [0.2, 0.25) is 2.14 Å². The lowest BCUT2D eigenvalue weighted by Gasteiger charge is -2.12. The highest BCUT2D eigenvalue weighted by atomic mass is 80.0. The Bertz CT molecular complexity index is 207. The van der Waals surface area contributed by atoms with E-state index in [0.29, 0.717) is 13.2 Å². The van der Waals surface area contributed by atoms with Crippen LogP contribution in [0.25, 0.3) is 0 Å². The van der Waals surface area contributed by atoms with Gasteiger partial charge in [-0.2, -0.15) is 0 Å². The first kappa shape index (κ1) is 17.9. The highest BCUT2D eigenvalue weighted by Gasteiger charge is 2.27. The van der Waals surface area contributed by atoms with Crippen LogP contribution in [0.1, 0.15) is 39.0 Å². The van der Waals surface area contributed by atoms with Crippen molar-refractivity contribution in [2.45, 2.75) is 41.2 Å². The van der Waals surface area contributed by atoms with Crippen LogP contribution in [0.3, 0.4) is 0 Å². The van der Waals surface area contributed by atoms with E-state index in [9.17, 15) is 4.79 Å². The fourth-order valence-electron chi connectivity index (χ4n) is 1.21. The van der Waals surface area contributed by atoms with Crippen LogP contribution in [0.4, 0.5) is 0 Å². The third-order valence-electron chi connectivity index (χ3n) is 2.15. The molecule has 0 rings (SSSR count). The van der Waals surface area contributed by atoms with Crippen LogP contribution in [-0.4, -0.2) is 27.8 Å². The van der Waals surface area contributed by atoms with Gasteiger partial charge in [0.25, 0.3) is 5.91 Å². The van der Waals surface area contributed by atoms with Crippen molar-refractivity contribution in [2.24, 2.45) is 0 Å². The number of unbranched alkanes of at least 4 members (excludes halogenated alkanes) is 3. The summed E-state index contributed by atoms with van der Waals surface area (Å²) in [7, 11) is 0. The van der Waals surface area contributed by atoms with E-state index >= 15 is 0 Å². The van der Waals surface area contributed by atoms with E-state index in [2.05, 4.69) is 60.0 Å². The lowest BCUT2D eigenvalue weighted by atomic mass is 10.2. The number of halogens is 3. The first-order valence-corrected chi connectivity index (χ1v) is 8.29. The lowest BCUT2D eigenvalue weighted by Crippen LogP contribution is -2.34. The predicted molar refractivity (Wildman–Crippen MR) is 82.1 cm³/mol. The zero-order chi connectivity index (χ0) is 13.1. The summed E-state index contributed by atoms with van der Waals surface area (Å²) >= 11 is 9.46. The minimum atomic E-state index is -0.853. The molecule has 0 aromatic carbocycles. The Morgan fingerprint density at radius 2 is 1.76 bits per heavy atom. The summed E-state index contributed by atoms with van der Waals surface area (Å²) in [6, 6.07) is 0. The van der Waals surface area contributed by atoms with Crippen molar-refractivity contribution in [1.29, 1.82) is 0 Å². The molecule has 6 heteroatoms. The average Bonchev–Trinajstić information content (AvgIpc) is 2.25. The molecule has 0 fully saturated rings. The summed E-state index contributed by atoms with van der Waals surface area (Å²) in [5.74, 6) is -0.138. The fraction of sp³-hybridized carbons (Fsp3) is 0.909. The molecule has 0 heterocycles. The quantitative estimate of drug-likeness (QED) is 0.438. The minimum absolute atomic E-state index is 0.138. The molecule has 102 valence electrons. The van der Waals surface area contributed by atoms with Gasteiger partial charge < -0.3 is 10.1 Å². The first-order valence-electron chi connectivity index (χ1n) is 5.91. The van der Waals surface area contributed by atoms with Gasteiger partial charge in [0.15, 0.2) is 0 Å². The van der Waals surface area contributed by atoms with Gasteiger partial charge in [0.1, 0.15) is 0 Å². The number of rotatable bonds is 9. The van der Waals surface area contributed by atoms with Crippen molar-refractivity contribution in [2.75, 3.05) is 19.8 Å². The monoisotopic (exact) mass is 435 g/mol. The van der Waals surface area contributed by atoms with E-state index in [-0.39, 0.29) is 5.91 Å². The van der Waals surface area contributed by atoms with Gasteiger partial charge in [-0.3, -0.25) is 4.79 Å². The second kappa shape index (κ2) is 10.8. The Morgan fingerprint density at radius 3 is 2.35 bits per heavy atom. The molecule has 0 saturated heterocycles. The molecule has 0 spiro atoms. The molecule has 0 aromatic rings. The largest absolute Gasteiger partial charge is 0.381 e. The molecule has 0 bridgehead atoms. The number of ether oxygens (including phenoxy) is 1. The Hall–Kier alpha value is 0.870. The molecule has 0 atom stereocenters. The summed E-state index contributed by atoms with van der Waals surface area (Å²) in [6.07, 6.45) is 5.74. The van der Waals surface area contributed by atoms with Crippen LogP contribution >= 0.6 is 47.8 Å². The maximum atomic E-state index is 11.4. The van der Waals surface area contributed by atoms with E-state index in [1.165, 1.54) is 19.3 Å². The number of hydrogen-bond acceptors (Lipinski definition) is 2. The maximum absolute atomic E-state index is 11.4. The molecule has 0 aromatic heterocycles. The van der Waals surface area contributed by atoms with E-state index in [1.807, 2.05) is 0 Å². The van der Waals surface area contributed by atoms with Gasteiger partial charge >= 0.3 is 0 Å². The van der Waals surface area contributed by atoms with Gasteiger partial charge in [0.05, 0.1) is 0 Å². The topological polar surface area (TPSA) is 38.3 Å². The van der Waals surface area contributed by atoms with Crippen LogP contribution in [0.15, 0.2) is 0 Å². The number of amides is 1. The number of carbonyl (C=O) groups excluding carboxylic acids is 1. The lowest BCUT2D eigenvalue weighted by molar-refractivity contribution is -0.119. The van der Waals surface area contributed by atoms with Gasteiger partial charge in [-0.05, 0) is 60.6 Å². The van der Waals surface area contributed by atoms with Crippen LogP contribution in [0.2, 0.25) is 0 Å². The van der Waals surface area contributed by atoms with Crippen molar-refractivity contribution >= 4 is 53.7 Å². The molecule has 3 nitrogen and oxygen atoms in total. The van der Waals surface area contributed by atoms with Crippen LogP contribution in [0, 0.1) is 0 Å². The van der Waals surface area contributed by atoms with Crippen LogP contribution in [-0.2, 0) is 9.53 Å². The van der Waals surface area contributed by atoms with Crippen molar-refractivity contribution in [1.82, 2.24) is 5.32 Å². The molecule has 0 aliphatic carbocycles. The summed E-state index contributed by atoms with van der Waals surface area (Å²) in [5, 5.41) is 2.77. The molecular formula is C11H20Br3NO2. The standard InChI is InChI=1S/C11H20Br3NO2/c1-2-3-4-5-8-17-9-6-7-15-10(16)11(12,13)14/h2-9H2,1H3,(H,15,16). The van der Waals surface area contributed by atoms with E-state index in [4.69, 9.17) is 4.74 Å². The van der Waals surface area contributed by atoms with E-state index in [0.717, 1.165) is 19.4 Å². The summed E-state index contributed by atoms with van der Waals surface area (Å²) < 4.78 is 4.61. The van der Waals surface area contributed by atoms with Crippen molar-refractivity contribution in [3.8, 4) is 0 Å². The number of alkyl halides is 3. The van der Waals surface area contributed by atoms with Gasteiger partial charge in [-0.15, -0.1) is 0 Å². The van der Waals surface area contributed by atoms with Crippen LogP contribution < -0.4 is 5.32 Å². The molecule has 0 radical (unpaired) electrons. The SMILES string of the molecule is CCCCCCOCCCNC(=O)C(Br)(Br)Br. The van der Waals surface area contributed by atoms with Crippen molar-refractivity contribution < 1.29 is 9.53 Å². The molecule has 0 unspecified atom stereocenters. The Balaban J connectivity index is 3.22. The highest BCUT2D eigenvalue weighted by Crippen LogP contribution is 2.33. The molecule has 1 amide bonds. The Kier molecular flexibility index (Phi) is 11.3. The van der Waals surface area contributed by atoms with Gasteiger partial charge in [0, 0.05) is 19.8 Å².